The van der Waals surface area contributed by atoms with Crippen molar-refractivity contribution in [2.45, 2.75) is 59.6 Å². The molecule has 1 aliphatic carbocycles. The summed E-state index contributed by atoms with van der Waals surface area (Å²) in [5.74, 6) is -0.536. The van der Waals surface area contributed by atoms with Gasteiger partial charge in [0.25, 0.3) is 5.91 Å². The summed E-state index contributed by atoms with van der Waals surface area (Å²) in [5, 5.41) is 4.40. The van der Waals surface area contributed by atoms with Crippen LogP contribution in [0.2, 0.25) is 5.02 Å². The number of nitrogens with zero attached hydrogens (tertiary/aromatic N) is 2. The van der Waals surface area contributed by atoms with Crippen LogP contribution in [0.15, 0.2) is 48.7 Å². The maximum absolute atomic E-state index is 14.0. The molecule has 1 N–H and O–H groups in total. The average Bonchev–Trinajstić information content (AvgIpc) is 3.44. The number of nitrogens with one attached hydrogen (secondary N) is 1. The number of esters is 1. The minimum absolute atomic E-state index is 0.233. The number of hydrogen-bond acceptors (Lipinski definition) is 5. The van der Waals surface area contributed by atoms with Gasteiger partial charge in [-0.2, -0.15) is 0 Å². The minimum Gasteiger partial charge on any atom is -0.448 e. The first-order valence-electron chi connectivity index (χ1n) is 13.4. The van der Waals surface area contributed by atoms with Crippen LogP contribution in [-0.2, 0) is 20.9 Å². The van der Waals surface area contributed by atoms with E-state index in [1.165, 1.54) is 0 Å². The third-order valence-electron chi connectivity index (χ3n) is 9.09. The van der Waals surface area contributed by atoms with Crippen LogP contribution in [0.3, 0.4) is 0 Å². The summed E-state index contributed by atoms with van der Waals surface area (Å²) >= 11 is 6.05. The molecule has 206 valence electrons. The van der Waals surface area contributed by atoms with Gasteiger partial charge in [0.15, 0.2) is 11.4 Å². The fourth-order valence-corrected chi connectivity index (χ4v) is 6.12. The molecule has 9 heteroatoms. The SMILES string of the molecule is CCN(CC)C(=O)Oc1ccc2c(ccn2Cc2ccc(Cl)cc2)c1NC(=O)C12CCC(C)(C(=O)O1)C2(C)C. The van der Waals surface area contributed by atoms with Crippen LogP contribution in [0.1, 0.15) is 53.0 Å². The molecular formula is C30H34ClN3O5. The molecular weight excluding hydrogens is 518 g/mol. The van der Waals surface area contributed by atoms with Crippen molar-refractivity contribution in [1.29, 1.82) is 0 Å². The van der Waals surface area contributed by atoms with Crippen LogP contribution in [0.4, 0.5) is 10.5 Å². The van der Waals surface area contributed by atoms with Crippen LogP contribution >= 0.6 is 11.6 Å². The highest BCUT2D eigenvalue weighted by Gasteiger charge is 2.75. The van der Waals surface area contributed by atoms with Crippen molar-refractivity contribution in [3.05, 3.63) is 59.2 Å². The highest BCUT2D eigenvalue weighted by atomic mass is 35.5. The molecule has 3 aromatic rings. The van der Waals surface area contributed by atoms with Gasteiger partial charge in [-0.05, 0) is 69.5 Å². The van der Waals surface area contributed by atoms with E-state index in [1.54, 1.807) is 11.0 Å². The molecule has 2 unspecified atom stereocenters. The number of fused-ring (bicyclic) bond motifs is 3. The normalized spacial score (nSPS) is 23.1. The Morgan fingerprint density at radius 3 is 2.33 bits per heavy atom. The topological polar surface area (TPSA) is 89.9 Å². The molecule has 1 aromatic heterocycles. The van der Waals surface area contributed by atoms with Gasteiger partial charge >= 0.3 is 12.1 Å². The summed E-state index contributed by atoms with van der Waals surface area (Å²) in [6.45, 7) is 11.0. The standard InChI is InChI=1S/C30H34ClN3O5/c1-6-33(7-2)27(37)38-23-13-12-22-21(14-17-34(22)18-19-8-10-20(31)11-9-19)24(23)32-25(35)30-16-15-29(5,26(36)39-30)28(30,3)4/h8-14,17H,6-7,15-16,18H2,1-5H3,(H,32,35). The largest absolute Gasteiger partial charge is 0.448 e. The predicted molar refractivity (Wildman–Crippen MR) is 150 cm³/mol. The Morgan fingerprint density at radius 2 is 1.74 bits per heavy atom. The summed E-state index contributed by atoms with van der Waals surface area (Å²) < 4.78 is 13.7. The molecule has 0 spiro atoms. The number of halogens is 1. The minimum atomic E-state index is -1.31. The molecule has 1 aliphatic heterocycles. The number of hydrogen-bond donors (Lipinski definition) is 1. The Bertz CT molecular complexity index is 1460. The van der Waals surface area contributed by atoms with Gasteiger partial charge in [0, 0.05) is 41.7 Å². The lowest BCUT2D eigenvalue weighted by Crippen LogP contribution is -2.50. The van der Waals surface area contributed by atoms with Gasteiger partial charge in [0.05, 0.1) is 16.6 Å². The van der Waals surface area contributed by atoms with Gasteiger partial charge in [0.1, 0.15) is 0 Å². The van der Waals surface area contributed by atoms with Gasteiger partial charge < -0.3 is 24.3 Å². The zero-order chi connectivity index (χ0) is 28.2. The smallest absolute Gasteiger partial charge is 0.415 e. The lowest BCUT2D eigenvalue weighted by Gasteiger charge is -2.35. The molecule has 2 fully saturated rings. The van der Waals surface area contributed by atoms with E-state index < -0.39 is 28.4 Å². The Labute approximate surface area is 233 Å². The Kier molecular flexibility index (Phi) is 6.66. The number of carbonyl (C=O) groups is 3. The number of benzene rings is 2. The van der Waals surface area contributed by atoms with Gasteiger partial charge in [-0.1, -0.05) is 37.6 Å². The Hall–Kier alpha value is -3.52. The second-order valence-corrected chi connectivity index (χ2v) is 11.5. The van der Waals surface area contributed by atoms with Gasteiger partial charge in [-0.15, -0.1) is 0 Å². The number of carbonyl (C=O) groups excluding carboxylic acids is 3. The van der Waals surface area contributed by atoms with E-state index in [4.69, 9.17) is 21.1 Å². The van der Waals surface area contributed by atoms with E-state index >= 15 is 0 Å². The van der Waals surface area contributed by atoms with Crippen molar-refractivity contribution in [1.82, 2.24) is 9.47 Å². The monoisotopic (exact) mass is 551 g/mol. The summed E-state index contributed by atoms with van der Waals surface area (Å²) in [6.07, 6.45) is 2.42. The third kappa shape index (κ3) is 4.07. The van der Waals surface area contributed by atoms with Crippen molar-refractivity contribution < 1.29 is 23.9 Å². The predicted octanol–water partition coefficient (Wildman–Crippen LogP) is 6.24. The Balaban J connectivity index is 1.55. The second kappa shape index (κ2) is 9.59. The molecule has 0 radical (unpaired) electrons. The lowest BCUT2D eigenvalue weighted by atomic mass is 9.66. The van der Waals surface area contributed by atoms with Crippen molar-refractivity contribution in [2.75, 3.05) is 18.4 Å². The lowest BCUT2D eigenvalue weighted by molar-refractivity contribution is -0.165. The van der Waals surface area contributed by atoms with E-state index in [2.05, 4.69) is 9.88 Å². The molecule has 2 heterocycles. The molecule has 2 atom stereocenters. The molecule has 39 heavy (non-hydrogen) atoms. The number of rotatable bonds is 7. The molecule has 2 bridgehead atoms. The molecule has 8 nitrogen and oxygen atoms in total. The number of aromatic nitrogens is 1. The van der Waals surface area contributed by atoms with E-state index in [9.17, 15) is 14.4 Å². The molecule has 2 aliphatic rings. The summed E-state index contributed by atoms with van der Waals surface area (Å²) in [7, 11) is 0. The highest BCUT2D eigenvalue weighted by molar-refractivity contribution is 6.30. The van der Waals surface area contributed by atoms with Crippen molar-refractivity contribution in [2.24, 2.45) is 10.8 Å². The zero-order valence-electron chi connectivity index (χ0n) is 23.0. The molecule has 1 saturated heterocycles. The van der Waals surface area contributed by atoms with Crippen LogP contribution < -0.4 is 10.1 Å². The number of ether oxygens (including phenoxy) is 2. The maximum Gasteiger partial charge on any atom is 0.415 e. The molecule has 2 amide bonds. The first-order chi connectivity index (χ1) is 18.5. The number of anilines is 1. The van der Waals surface area contributed by atoms with Crippen LogP contribution in [-0.4, -0.2) is 46.1 Å². The fraction of sp³-hybridized carbons (Fsp3) is 0.433. The zero-order valence-corrected chi connectivity index (χ0v) is 23.7. The van der Waals surface area contributed by atoms with E-state index in [0.717, 1.165) is 11.1 Å². The van der Waals surface area contributed by atoms with E-state index in [0.29, 0.717) is 48.6 Å². The quantitative estimate of drug-likeness (QED) is 0.351. The van der Waals surface area contributed by atoms with E-state index in [1.807, 2.05) is 77.2 Å². The Morgan fingerprint density at radius 1 is 1.05 bits per heavy atom. The van der Waals surface area contributed by atoms with Crippen molar-refractivity contribution in [3.63, 3.8) is 0 Å². The summed E-state index contributed by atoms with van der Waals surface area (Å²) in [5.41, 5.74) is -0.492. The van der Waals surface area contributed by atoms with Crippen LogP contribution in [0, 0.1) is 10.8 Å². The molecule has 2 aromatic carbocycles. The van der Waals surface area contributed by atoms with Gasteiger partial charge in [0.2, 0.25) is 0 Å². The third-order valence-corrected chi connectivity index (χ3v) is 9.34. The maximum atomic E-state index is 14.0. The van der Waals surface area contributed by atoms with Crippen LogP contribution in [0.5, 0.6) is 5.75 Å². The summed E-state index contributed by atoms with van der Waals surface area (Å²) in [6, 6.07) is 13.1. The highest BCUT2D eigenvalue weighted by Crippen LogP contribution is 2.65. The molecule has 1 saturated carbocycles. The fourth-order valence-electron chi connectivity index (χ4n) is 5.99. The average molecular weight is 552 g/mol. The van der Waals surface area contributed by atoms with Gasteiger partial charge in [-0.3, -0.25) is 9.59 Å². The van der Waals surface area contributed by atoms with Crippen molar-refractivity contribution in [3.8, 4) is 5.75 Å². The molecule has 5 rings (SSSR count). The first-order valence-corrected chi connectivity index (χ1v) is 13.7. The second-order valence-electron chi connectivity index (χ2n) is 11.1. The number of amides is 2. The van der Waals surface area contributed by atoms with Crippen molar-refractivity contribution >= 4 is 46.2 Å². The summed E-state index contributed by atoms with van der Waals surface area (Å²) in [4.78, 5) is 41.3. The van der Waals surface area contributed by atoms with E-state index in [-0.39, 0.29) is 11.7 Å². The van der Waals surface area contributed by atoms with Crippen LogP contribution in [0.25, 0.3) is 10.9 Å². The first kappa shape index (κ1) is 27.1. The van der Waals surface area contributed by atoms with Gasteiger partial charge in [-0.25, -0.2) is 4.79 Å².